The van der Waals surface area contributed by atoms with Crippen molar-refractivity contribution in [3.63, 3.8) is 0 Å². The SMILES string of the molecule is CCNc1nc(CC)nc(C2CCCC2)c1Br. The summed E-state index contributed by atoms with van der Waals surface area (Å²) in [6.45, 7) is 5.09. The van der Waals surface area contributed by atoms with Gasteiger partial charge < -0.3 is 5.32 Å². The van der Waals surface area contributed by atoms with Gasteiger partial charge in [0.2, 0.25) is 0 Å². The molecule has 1 fully saturated rings. The second kappa shape index (κ2) is 5.80. The van der Waals surface area contributed by atoms with Gasteiger partial charge in [0, 0.05) is 18.9 Å². The highest BCUT2D eigenvalue weighted by molar-refractivity contribution is 9.10. The fraction of sp³-hybridized carbons (Fsp3) is 0.692. The molecule has 1 aromatic heterocycles. The molecule has 3 nitrogen and oxygen atoms in total. The Balaban J connectivity index is 2.37. The van der Waals surface area contributed by atoms with E-state index >= 15 is 0 Å². The summed E-state index contributed by atoms with van der Waals surface area (Å²) in [5.74, 6) is 2.53. The number of rotatable bonds is 4. The maximum Gasteiger partial charge on any atom is 0.144 e. The molecule has 0 radical (unpaired) electrons. The van der Waals surface area contributed by atoms with E-state index in [1.807, 2.05) is 0 Å². The number of hydrogen-bond donors (Lipinski definition) is 1. The third kappa shape index (κ3) is 2.79. The van der Waals surface area contributed by atoms with Gasteiger partial charge in [0.1, 0.15) is 11.6 Å². The summed E-state index contributed by atoms with van der Waals surface area (Å²) in [7, 11) is 0. The summed E-state index contributed by atoms with van der Waals surface area (Å²) < 4.78 is 1.07. The molecule has 1 aromatic rings. The largest absolute Gasteiger partial charge is 0.369 e. The van der Waals surface area contributed by atoms with Crippen molar-refractivity contribution >= 4 is 21.7 Å². The molecule has 1 N–H and O–H groups in total. The molecule has 0 bridgehead atoms. The number of aryl methyl sites for hydroxylation is 1. The van der Waals surface area contributed by atoms with Crippen molar-refractivity contribution in [3.05, 3.63) is 16.0 Å². The fourth-order valence-electron chi connectivity index (χ4n) is 2.43. The van der Waals surface area contributed by atoms with Crippen molar-refractivity contribution < 1.29 is 0 Å². The molecule has 1 heterocycles. The monoisotopic (exact) mass is 297 g/mol. The summed E-state index contributed by atoms with van der Waals surface area (Å²) in [6, 6.07) is 0. The minimum absolute atomic E-state index is 0.620. The lowest BCUT2D eigenvalue weighted by Crippen LogP contribution is -2.09. The quantitative estimate of drug-likeness (QED) is 0.916. The number of nitrogens with one attached hydrogen (secondary N) is 1. The first kappa shape index (κ1) is 12.8. The maximum absolute atomic E-state index is 4.72. The highest BCUT2D eigenvalue weighted by atomic mass is 79.9. The normalized spacial score (nSPS) is 16.4. The van der Waals surface area contributed by atoms with Crippen molar-refractivity contribution in [2.45, 2.75) is 51.9 Å². The van der Waals surface area contributed by atoms with Crippen LogP contribution in [0.15, 0.2) is 4.47 Å². The first-order valence-electron chi connectivity index (χ1n) is 6.56. The van der Waals surface area contributed by atoms with Gasteiger partial charge in [-0.25, -0.2) is 9.97 Å². The lowest BCUT2D eigenvalue weighted by molar-refractivity contribution is 0.680. The second-order valence-electron chi connectivity index (χ2n) is 4.55. The van der Waals surface area contributed by atoms with Crippen LogP contribution in [0.3, 0.4) is 0 Å². The van der Waals surface area contributed by atoms with Crippen LogP contribution in [0.4, 0.5) is 5.82 Å². The minimum atomic E-state index is 0.620. The second-order valence-corrected chi connectivity index (χ2v) is 5.35. The van der Waals surface area contributed by atoms with Gasteiger partial charge in [0.05, 0.1) is 10.2 Å². The van der Waals surface area contributed by atoms with Gasteiger partial charge in [-0.3, -0.25) is 0 Å². The Bertz CT molecular complexity index is 386. The van der Waals surface area contributed by atoms with Crippen LogP contribution in [0.2, 0.25) is 0 Å². The van der Waals surface area contributed by atoms with E-state index in [1.54, 1.807) is 0 Å². The molecular weight excluding hydrogens is 278 g/mol. The van der Waals surface area contributed by atoms with E-state index in [9.17, 15) is 0 Å². The minimum Gasteiger partial charge on any atom is -0.369 e. The van der Waals surface area contributed by atoms with E-state index in [-0.39, 0.29) is 0 Å². The molecule has 0 saturated heterocycles. The molecule has 0 amide bonds. The van der Waals surface area contributed by atoms with E-state index < -0.39 is 0 Å². The van der Waals surface area contributed by atoms with Crippen LogP contribution in [0.1, 0.15) is 57.0 Å². The number of anilines is 1. The molecule has 1 aliphatic carbocycles. The van der Waals surface area contributed by atoms with E-state index in [4.69, 9.17) is 4.98 Å². The molecule has 1 saturated carbocycles. The molecule has 0 atom stereocenters. The molecule has 0 aliphatic heterocycles. The highest BCUT2D eigenvalue weighted by Gasteiger charge is 2.23. The van der Waals surface area contributed by atoms with Crippen molar-refractivity contribution in [3.8, 4) is 0 Å². The molecule has 17 heavy (non-hydrogen) atoms. The predicted molar refractivity (Wildman–Crippen MR) is 74.5 cm³/mol. The average Bonchev–Trinajstić information content (AvgIpc) is 2.85. The number of hydrogen-bond acceptors (Lipinski definition) is 3. The molecule has 0 spiro atoms. The molecule has 1 aliphatic rings. The summed E-state index contributed by atoms with van der Waals surface area (Å²) in [5.41, 5.74) is 1.21. The van der Waals surface area contributed by atoms with Crippen LogP contribution in [-0.2, 0) is 6.42 Å². The van der Waals surface area contributed by atoms with Gasteiger partial charge in [0.25, 0.3) is 0 Å². The molecule has 2 rings (SSSR count). The molecular formula is C13H20BrN3. The first-order valence-corrected chi connectivity index (χ1v) is 7.35. The van der Waals surface area contributed by atoms with E-state index in [1.165, 1.54) is 31.4 Å². The standard InChI is InChI=1S/C13H20BrN3/c1-3-10-16-12(9-7-5-6-8-9)11(14)13(17-10)15-4-2/h9H,3-8H2,1-2H3,(H,15,16,17). The van der Waals surface area contributed by atoms with Crippen LogP contribution in [-0.4, -0.2) is 16.5 Å². The summed E-state index contributed by atoms with van der Waals surface area (Å²) in [6.07, 6.45) is 6.10. The summed E-state index contributed by atoms with van der Waals surface area (Å²) >= 11 is 3.67. The van der Waals surface area contributed by atoms with Crippen LogP contribution in [0.25, 0.3) is 0 Å². The number of nitrogens with zero attached hydrogens (tertiary/aromatic N) is 2. The molecule has 94 valence electrons. The Morgan fingerprint density at radius 3 is 2.53 bits per heavy atom. The first-order chi connectivity index (χ1) is 8.26. The highest BCUT2D eigenvalue weighted by Crippen LogP contribution is 2.38. The Kier molecular flexibility index (Phi) is 4.37. The van der Waals surface area contributed by atoms with Gasteiger partial charge in [-0.05, 0) is 35.7 Å². The van der Waals surface area contributed by atoms with E-state index in [2.05, 4.69) is 40.1 Å². The maximum atomic E-state index is 4.72. The third-order valence-corrected chi connectivity index (χ3v) is 4.11. The Hall–Kier alpha value is -0.640. The Morgan fingerprint density at radius 1 is 1.24 bits per heavy atom. The lowest BCUT2D eigenvalue weighted by atomic mass is 10.0. The van der Waals surface area contributed by atoms with Gasteiger partial charge in [-0.1, -0.05) is 19.8 Å². The molecule has 0 unspecified atom stereocenters. The van der Waals surface area contributed by atoms with E-state index in [0.29, 0.717) is 5.92 Å². The fourth-order valence-corrected chi connectivity index (χ4v) is 3.07. The van der Waals surface area contributed by atoms with Gasteiger partial charge >= 0.3 is 0 Å². The van der Waals surface area contributed by atoms with Crippen LogP contribution >= 0.6 is 15.9 Å². The predicted octanol–water partition coefficient (Wildman–Crippen LogP) is 3.89. The van der Waals surface area contributed by atoms with Gasteiger partial charge in [-0.2, -0.15) is 0 Å². The van der Waals surface area contributed by atoms with Crippen molar-refractivity contribution in [1.29, 1.82) is 0 Å². The number of halogens is 1. The van der Waals surface area contributed by atoms with Gasteiger partial charge in [-0.15, -0.1) is 0 Å². The third-order valence-electron chi connectivity index (χ3n) is 3.33. The van der Waals surface area contributed by atoms with Crippen molar-refractivity contribution in [1.82, 2.24) is 9.97 Å². The average molecular weight is 298 g/mol. The van der Waals surface area contributed by atoms with Crippen LogP contribution in [0, 0.1) is 0 Å². The molecule has 0 aromatic carbocycles. The summed E-state index contributed by atoms with van der Waals surface area (Å²) in [5, 5.41) is 3.32. The topological polar surface area (TPSA) is 37.8 Å². The Labute approximate surface area is 112 Å². The zero-order valence-corrected chi connectivity index (χ0v) is 12.2. The zero-order valence-electron chi connectivity index (χ0n) is 10.6. The number of aromatic nitrogens is 2. The van der Waals surface area contributed by atoms with Crippen LogP contribution in [0.5, 0.6) is 0 Å². The zero-order chi connectivity index (χ0) is 12.3. The Morgan fingerprint density at radius 2 is 1.94 bits per heavy atom. The van der Waals surface area contributed by atoms with Crippen molar-refractivity contribution in [2.24, 2.45) is 0 Å². The molecule has 4 heteroatoms. The lowest BCUT2D eigenvalue weighted by Gasteiger charge is -2.15. The summed E-state index contributed by atoms with van der Waals surface area (Å²) in [4.78, 5) is 9.26. The smallest absolute Gasteiger partial charge is 0.144 e. The van der Waals surface area contributed by atoms with Crippen molar-refractivity contribution in [2.75, 3.05) is 11.9 Å². The van der Waals surface area contributed by atoms with Crippen LogP contribution < -0.4 is 5.32 Å². The van der Waals surface area contributed by atoms with E-state index in [0.717, 1.165) is 29.1 Å². The van der Waals surface area contributed by atoms with Gasteiger partial charge in [0.15, 0.2) is 0 Å².